The highest BCUT2D eigenvalue weighted by atomic mass is 14.7. The van der Waals surface area contributed by atoms with Crippen molar-refractivity contribution in [2.45, 2.75) is 25.3 Å². The Morgan fingerprint density at radius 1 is 1.06 bits per heavy atom. The second-order valence-corrected chi connectivity index (χ2v) is 4.18. The lowest BCUT2D eigenvalue weighted by Gasteiger charge is -2.10. The molecule has 0 saturated carbocycles. The molecule has 2 heterocycles. The minimum atomic E-state index is 0.180. The van der Waals surface area contributed by atoms with Crippen LogP contribution in [0, 0.1) is 0 Å². The van der Waals surface area contributed by atoms with E-state index in [4.69, 9.17) is 5.73 Å². The van der Waals surface area contributed by atoms with Gasteiger partial charge in [0.05, 0.1) is 0 Å². The molecule has 3 heteroatoms. The molecule has 0 aliphatic heterocycles. The van der Waals surface area contributed by atoms with Crippen molar-refractivity contribution in [1.82, 2.24) is 9.97 Å². The second kappa shape index (κ2) is 6.11. The fourth-order valence-electron chi connectivity index (χ4n) is 1.80. The molecule has 0 spiro atoms. The highest BCUT2D eigenvalue weighted by Crippen LogP contribution is 2.06. The van der Waals surface area contributed by atoms with Crippen LogP contribution in [-0.2, 0) is 12.8 Å². The summed E-state index contributed by atoms with van der Waals surface area (Å²) in [6.07, 6.45) is 8.23. The third kappa shape index (κ3) is 3.96. The van der Waals surface area contributed by atoms with Crippen molar-refractivity contribution >= 4 is 0 Å². The Hall–Kier alpha value is -1.74. The van der Waals surface area contributed by atoms with Crippen molar-refractivity contribution < 1.29 is 0 Å². The van der Waals surface area contributed by atoms with Crippen molar-refractivity contribution in [1.29, 1.82) is 0 Å². The van der Waals surface area contributed by atoms with Crippen LogP contribution < -0.4 is 5.73 Å². The van der Waals surface area contributed by atoms with E-state index in [2.05, 4.69) is 9.97 Å². The zero-order chi connectivity index (χ0) is 11.9. The van der Waals surface area contributed by atoms with Gasteiger partial charge in [0.1, 0.15) is 0 Å². The number of aryl methyl sites for hydroxylation is 1. The largest absolute Gasteiger partial charge is 0.327 e. The van der Waals surface area contributed by atoms with Crippen LogP contribution in [0.2, 0.25) is 0 Å². The third-order valence-electron chi connectivity index (χ3n) is 2.74. The first-order chi connectivity index (χ1) is 8.34. The van der Waals surface area contributed by atoms with E-state index in [-0.39, 0.29) is 6.04 Å². The van der Waals surface area contributed by atoms with Crippen molar-refractivity contribution in [2.75, 3.05) is 0 Å². The van der Waals surface area contributed by atoms with Crippen LogP contribution in [0.3, 0.4) is 0 Å². The van der Waals surface area contributed by atoms with Gasteiger partial charge in [0.15, 0.2) is 0 Å². The van der Waals surface area contributed by atoms with Gasteiger partial charge in [-0.2, -0.15) is 0 Å². The summed E-state index contributed by atoms with van der Waals surface area (Å²) in [5.74, 6) is 0. The summed E-state index contributed by atoms with van der Waals surface area (Å²) in [6, 6.07) is 10.2. The van der Waals surface area contributed by atoms with Crippen molar-refractivity contribution in [2.24, 2.45) is 5.73 Å². The molecule has 2 N–H and O–H groups in total. The molecule has 0 aromatic carbocycles. The molecule has 0 aliphatic rings. The zero-order valence-electron chi connectivity index (χ0n) is 9.79. The van der Waals surface area contributed by atoms with Crippen LogP contribution in [0.5, 0.6) is 0 Å². The number of hydrogen-bond donors (Lipinski definition) is 1. The maximum Gasteiger partial charge on any atom is 0.0404 e. The van der Waals surface area contributed by atoms with Gasteiger partial charge in [0.2, 0.25) is 0 Å². The first kappa shape index (κ1) is 11.7. The number of nitrogens with zero attached hydrogens (tertiary/aromatic N) is 2. The third-order valence-corrected chi connectivity index (χ3v) is 2.74. The molecule has 88 valence electrons. The van der Waals surface area contributed by atoms with Gasteiger partial charge in [-0.1, -0.05) is 6.07 Å². The summed E-state index contributed by atoms with van der Waals surface area (Å²) in [5.41, 5.74) is 8.46. The van der Waals surface area contributed by atoms with Crippen LogP contribution in [0.4, 0.5) is 0 Å². The van der Waals surface area contributed by atoms with E-state index < -0.39 is 0 Å². The first-order valence-corrected chi connectivity index (χ1v) is 5.89. The monoisotopic (exact) mass is 227 g/mol. The summed E-state index contributed by atoms with van der Waals surface area (Å²) < 4.78 is 0. The summed E-state index contributed by atoms with van der Waals surface area (Å²) in [7, 11) is 0. The quantitative estimate of drug-likeness (QED) is 0.849. The molecular weight excluding hydrogens is 210 g/mol. The molecule has 2 aromatic heterocycles. The molecule has 3 nitrogen and oxygen atoms in total. The molecule has 17 heavy (non-hydrogen) atoms. The van der Waals surface area contributed by atoms with Crippen molar-refractivity contribution in [3.63, 3.8) is 0 Å². The SMILES string of the molecule is NC(CCc1ccccn1)Cc1ccncc1. The average Bonchev–Trinajstić information content (AvgIpc) is 2.39. The number of rotatable bonds is 5. The molecular formula is C14H17N3. The average molecular weight is 227 g/mol. The Labute approximate surface area is 102 Å². The maximum atomic E-state index is 6.11. The highest BCUT2D eigenvalue weighted by Gasteiger charge is 2.04. The van der Waals surface area contributed by atoms with Gasteiger partial charge in [0, 0.05) is 30.3 Å². The van der Waals surface area contributed by atoms with Gasteiger partial charge in [-0.25, -0.2) is 0 Å². The molecule has 0 bridgehead atoms. The number of aromatic nitrogens is 2. The van der Waals surface area contributed by atoms with Crippen LogP contribution in [-0.4, -0.2) is 16.0 Å². The molecule has 0 amide bonds. The Bertz CT molecular complexity index is 428. The van der Waals surface area contributed by atoms with Crippen LogP contribution in [0.15, 0.2) is 48.9 Å². The van der Waals surface area contributed by atoms with Gasteiger partial charge in [-0.05, 0) is 49.1 Å². The van der Waals surface area contributed by atoms with E-state index in [1.54, 1.807) is 12.4 Å². The zero-order valence-corrected chi connectivity index (χ0v) is 9.79. The topological polar surface area (TPSA) is 51.8 Å². The van der Waals surface area contributed by atoms with Crippen LogP contribution >= 0.6 is 0 Å². The maximum absolute atomic E-state index is 6.11. The number of nitrogens with two attached hydrogens (primary N) is 1. The number of pyridine rings is 2. The molecule has 2 aromatic rings. The fourth-order valence-corrected chi connectivity index (χ4v) is 1.80. The summed E-state index contributed by atoms with van der Waals surface area (Å²) in [6.45, 7) is 0. The predicted octanol–water partition coefficient (Wildman–Crippen LogP) is 1.98. The van der Waals surface area contributed by atoms with Crippen molar-refractivity contribution in [3.05, 3.63) is 60.2 Å². The Morgan fingerprint density at radius 3 is 2.59 bits per heavy atom. The van der Waals surface area contributed by atoms with E-state index in [9.17, 15) is 0 Å². The summed E-state index contributed by atoms with van der Waals surface area (Å²) in [4.78, 5) is 8.29. The predicted molar refractivity (Wildman–Crippen MR) is 68.5 cm³/mol. The Balaban J connectivity index is 1.80. The van der Waals surface area contributed by atoms with E-state index in [1.807, 2.05) is 36.5 Å². The van der Waals surface area contributed by atoms with Gasteiger partial charge >= 0.3 is 0 Å². The minimum Gasteiger partial charge on any atom is -0.327 e. The molecule has 0 aliphatic carbocycles. The molecule has 2 rings (SSSR count). The Kier molecular flexibility index (Phi) is 4.22. The summed E-state index contributed by atoms with van der Waals surface area (Å²) >= 11 is 0. The highest BCUT2D eigenvalue weighted by molar-refractivity contribution is 5.11. The minimum absolute atomic E-state index is 0.180. The van der Waals surface area contributed by atoms with E-state index in [0.717, 1.165) is 25.0 Å². The standard InChI is InChI=1S/C14H17N3/c15-13(11-12-6-9-16-10-7-12)4-5-14-3-1-2-8-17-14/h1-3,6-10,13H,4-5,11,15H2. The molecule has 0 saturated heterocycles. The van der Waals surface area contributed by atoms with Crippen LogP contribution in [0.25, 0.3) is 0 Å². The lowest BCUT2D eigenvalue weighted by atomic mass is 10.0. The fraction of sp³-hybridized carbons (Fsp3) is 0.286. The molecule has 1 unspecified atom stereocenters. The molecule has 0 radical (unpaired) electrons. The molecule has 0 fully saturated rings. The van der Waals surface area contributed by atoms with Crippen molar-refractivity contribution in [3.8, 4) is 0 Å². The van der Waals surface area contributed by atoms with Gasteiger partial charge in [0.25, 0.3) is 0 Å². The Morgan fingerprint density at radius 2 is 1.88 bits per heavy atom. The first-order valence-electron chi connectivity index (χ1n) is 5.89. The second-order valence-electron chi connectivity index (χ2n) is 4.18. The lowest BCUT2D eigenvalue weighted by Crippen LogP contribution is -2.23. The van der Waals surface area contributed by atoms with Gasteiger partial charge in [-0.3, -0.25) is 9.97 Å². The van der Waals surface area contributed by atoms with Gasteiger partial charge < -0.3 is 5.73 Å². The van der Waals surface area contributed by atoms with Crippen LogP contribution in [0.1, 0.15) is 17.7 Å². The summed E-state index contributed by atoms with van der Waals surface area (Å²) in [5, 5.41) is 0. The van der Waals surface area contributed by atoms with E-state index in [0.29, 0.717) is 0 Å². The number of hydrogen-bond acceptors (Lipinski definition) is 3. The van der Waals surface area contributed by atoms with Gasteiger partial charge in [-0.15, -0.1) is 0 Å². The normalized spacial score (nSPS) is 12.3. The van der Waals surface area contributed by atoms with E-state index in [1.165, 1.54) is 5.56 Å². The smallest absolute Gasteiger partial charge is 0.0404 e. The van der Waals surface area contributed by atoms with E-state index >= 15 is 0 Å². The molecule has 1 atom stereocenters. The lowest BCUT2D eigenvalue weighted by molar-refractivity contribution is 0.605.